The van der Waals surface area contributed by atoms with Crippen LogP contribution in [0, 0.1) is 12.7 Å². The molecule has 0 saturated heterocycles. The molecule has 3 rings (SSSR count). The molecule has 0 bridgehead atoms. The average molecular weight is 315 g/mol. The molecule has 1 aliphatic rings. The molecule has 2 aromatic carbocycles. The maximum atomic E-state index is 13.0. The van der Waals surface area contributed by atoms with Crippen molar-refractivity contribution in [3.63, 3.8) is 0 Å². The molecule has 112 valence electrons. The van der Waals surface area contributed by atoms with Crippen LogP contribution >= 0.6 is 11.8 Å². The van der Waals surface area contributed by atoms with Crippen LogP contribution < -0.4 is 5.32 Å². The van der Waals surface area contributed by atoms with Gasteiger partial charge in [-0.3, -0.25) is 9.59 Å². The first-order valence-corrected chi connectivity index (χ1v) is 8.08. The van der Waals surface area contributed by atoms with Crippen LogP contribution in [-0.4, -0.2) is 17.9 Å². The lowest BCUT2D eigenvalue weighted by atomic mass is 9.97. The van der Waals surface area contributed by atoms with E-state index in [9.17, 15) is 14.0 Å². The Labute approximate surface area is 131 Å². The van der Waals surface area contributed by atoms with Crippen LogP contribution in [0.4, 0.5) is 10.1 Å². The Hall–Kier alpha value is -2.14. The third-order valence-electron chi connectivity index (χ3n) is 3.67. The molecule has 1 heterocycles. The van der Waals surface area contributed by atoms with Gasteiger partial charge < -0.3 is 5.32 Å². The van der Waals surface area contributed by atoms with E-state index in [1.165, 1.54) is 36.0 Å². The van der Waals surface area contributed by atoms with Crippen LogP contribution in [0.2, 0.25) is 0 Å². The Morgan fingerprint density at radius 3 is 2.55 bits per heavy atom. The number of carbonyl (C=O) groups excluding carboxylic acids is 2. The molecular formula is C17H14FNO2S. The van der Waals surface area contributed by atoms with Gasteiger partial charge >= 0.3 is 0 Å². The van der Waals surface area contributed by atoms with E-state index in [1.54, 1.807) is 6.07 Å². The van der Waals surface area contributed by atoms with E-state index in [-0.39, 0.29) is 22.8 Å². The van der Waals surface area contributed by atoms with Crippen molar-refractivity contribution in [1.29, 1.82) is 0 Å². The minimum absolute atomic E-state index is 0.110. The summed E-state index contributed by atoms with van der Waals surface area (Å²) >= 11 is 1.44. The highest BCUT2D eigenvalue weighted by Crippen LogP contribution is 2.41. The lowest BCUT2D eigenvalue weighted by Crippen LogP contribution is -2.10. The largest absolute Gasteiger partial charge is 0.324 e. The van der Waals surface area contributed by atoms with Gasteiger partial charge in [-0.2, -0.15) is 0 Å². The van der Waals surface area contributed by atoms with Crippen molar-refractivity contribution in [2.24, 2.45) is 0 Å². The zero-order valence-electron chi connectivity index (χ0n) is 12.1. The highest BCUT2D eigenvalue weighted by molar-refractivity contribution is 7.99. The number of hydrogen-bond donors (Lipinski definition) is 1. The van der Waals surface area contributed by atoms with Crippen molar-refractivity contribution >= 4 is 29.1 Å². The second kappa shape index (κ2) is 5.57. The van der Waals surface area contributed by atoms with Gasteiger partial charge in [-0.05, 0) is 54.6 Å². The summed E-state index contributed by atoms with van der Waals surface area (Å²) < 4.78 is 13.0. The summed E-state index contributed by atoms with van der Waals surface area (Å²) in [6, 6.07) is 9.10. The summed E-state index contributed by atoms with van der Waals surface area (Å²) in [6.07, 6.45) is 1.86. The molecule has 1 aliphatic heterocycles. The molecule has 1 N–H and O–H groups in total. The number of rotatable bonds is 3. The molecule has 1 unspecified atom stereocenters. The van der Waals surface area contributed by atoms with Gasteiger partial charge in [0.25, 0.3) is 0 Å². The van der Waals surface area contributed by atoms with E-state index in [1.807, 2.05) is 19.2 Å². The van der Waals surface area contributed by atoms with Crippen molar-refractivity contribution in [2.75, 3.05) is 11.6 Å². The predicted octanol–water partition coefficient (Wildman–Crippen LogP) is 3.72. The molecule has 0 aromatic heterocycles. The van der Waals surface area contributed by atoms with Gasteiger partial charge in [-0.1, -0.05) is 6.07 Å². The number of fused-ring (bicyclic) bond motifs is 1. The molecule has 1 atom stereocenters. The van der Waals surface area contributed by atoms with Crippen LogP contribution in [0.1, 0.15) is 32.3 Å². The van der Waals surface area contributed by atoms with Crippen LogP contribution in [0.25, 0.3) is 0 Å². The van der Waals surface area contributed by atoms with Gasteiger partial charge in [-0.25, -0.2) is 4.39 Å². The zero-order valence-corrected chi connectivity index (χ0v) is 13.0. The molecular weight excluding hydrogens is 301 g/mol. The standard InChI is InChI=1S/C17H14FNO2S/c1-9-7-12(15(20)10-3-5-11(18)6-4-10)14-13(8-9)16(22-2)17(21)19-14/h3-8,16H,1-2H3,(H,19,21). The van der Waals surface area contributed by atoms with E-state index in [4.69, 9.17) is 0 Å². The summed E-state index contributed by atoms with van der Waals surface area (Å²) in [5.74, 6) is -0.718. The molecule has 0 fully saturated rings. The van der Waals surface area contributed by atoms with E-state index in [0.717, 1.165) is 11.1 Å². The number of benzene rings is 2. The SMILES string of the molecule is CSC1C(=O)Nc2c(C(=O)c3ccc(F)cc3)cc(C)cc21. The molecule has 2 aromatic rings. The normalized spacial score (nSPS) is 16.3. The van der Waals surface area contributed by atoms with E-state index in [0.29, 0.717) is 16.8 Å². The Bertz CT molecular complexity index is 771. The van der Waals surface area contributed by atoms with Gasteiger partial charge in [0.1, 0.15) is 11.1 Å². The quantitative estimate of drug-likeness (QED) is 0.878. The first kappa shape index (κ1) is 14.8. The number of amides is 1. The van der Waals surface area contributed by atoms with Gasteiger partial charge in [0.05, 0.1) is 5.69 Å². The highest BCUT2D eigenvalue weighted by Gasteiger charge is 2.33. The Balaban J connectivity index is 2.11. The number of nitrogens with one attached hydrogen (secondary N) is 1. The van der Waals surface area contributed by atoms with Crippen LogP contribution in [0.15, 0.2) is 36.4 Å². The number of ketones is 1. The van der Waals surface area contributed by atoms with Crippen LogP contribution in [0.3, 0.4) is 0 Å². The number of carbonyl (C=O) groups is 2. The Morgan fingerprint density at radius 2 is 1.91 bits per heavy atom. The predicted molar refractivity (Wildman–Crippen MR) is 85.9 cm³/mol. The van der Waals surface area contributed by atoms with Gasteiger partial charge in [0, 0.05) is 11.1 Å². The van der Waals surface area contributed by atoms with Crippen molar-refractivity contribution < 1.29 is 14.0 Å². The topological polar surface area (TPSA) is 46.2 Å². The lowest BCUT2D eigenvalue weighted by Gasteiger charge is -2.10. The molecule has 3 nitrogen and oxygen atoms in total. The highest BCUT2D eigenvalue weighted by atomic mass is 32.2. The maximum absolute atomic E-state index is 13.0. The number of hydrogen-bond acceptors (Lipinski definition) is 3. The summed E-state index contributed by atoms with van der Waals surface area (Å²) in [5, 5.41) is 2.50. The van der Waals surface area contributed by atoms with E-state index < -0.39 is 0 Å². The third kappa shape index (κ3) is 2.41. The molecule has 0 saturated carbocycles. The summed E-state index contributed by atoms with van der Waals surface area (Å²) in [5.41, 5.74) is 3.18. The van der Waals surface area contributed by atoms with Gasteiger partial charge in [-0.15, -0.1) is 11.8 Å². The minimum Gasteiger partial charge on any atom is -0.324 e. The zero-order chi connectivity index (χ0) is 15.9. The average Bonchev–Trinajstić information content (AvgIpc) is 2.81. The third-order valence-corrected chi connectivity index (χ3v) is 4.61. The summed E-state index contributed by atoms with van der Waals surface area (Å²) in [4.78, 5) is 24.7. The first-order chi connectivity index (χ1) is 10.5. The summed E-state index contributed by atoms with van der Waals surface area (Å²) in [6.45, 7) is 1.89. The van der Waals surface area contributed by atoms with Crippen molar-refractivity contribution in [3.8, 4) is 0 Å². The van der Waals surface area contributed by atoms with Crippen LogP contribution in [0.5, 0.6) is 0 Å². The van der Waals surface area contributed by atoms with Crippen LogP contribution in [-0.2, 0) is 4.79 Å². The Morgan fingerprint density at radius 1 is 1.23 bits per heavy atom. The molecule has 1 amide bonds. The van der Waals surface area contributed by atoms with Crippen molar-refractivity contribution in [1.82, 2.24) is 0 Å². The smallest absolute Gasteiger partial charge is 0.242 e. The monoisotopic (exact) mass is 315 g/mol. The molecule has 5 heteroatoms. The maximum Gasteiger partial charge on any atom is 0.242 e. The molecule has 22 heavy (non-hydrogen) atoms. The second-order valence-electron chi connectivity index (χ2n) is 5.22. The van der Waals surface area contributed by atoms with Crippen molar-refractivity contribution in [3.05, 3.63) is 64.5 Å². The van der Waals surface area contributed by atoms with Crippen molar-refractivity contribution in [2.45, 2.75) is 12.2 Å². The number of halogens is 1. The summed E-state index contributed by atoms with van der Waals surface area (Å²) in [7, 11) is 0. The van der Waals surface area contributed by atoms with Gasteiger partial charge in [0.2, 0.25) is 5.91 Å². The first-order valence-electron chi connectivity index (χ1n) is 6.79. The number of anilines is 1. The fourth-order valence-electron chi connectivity index (χ4n) is 2.66. The van der Waals surface area contributed by atoms with E-state index in [2.05, 4.69) is 5.32 Å². The second-order valence-corrected chi connectivity index (χ2v) is 6.16. The lowest BCUT2D eigenvalue weighted by molar-refractivity contribution is -0.115. The fourth-order valence-corrected chi connectivity index (χ4v) is 3.37. The molecule has 0 aliphatic carbocycles. The van der Waals surface area contributed by atoms with E-state index >= 15 is 0 Å². The minimum atomic E-state index is -0.387. The Kier molecular flexibility index (Phi) is 3.74. The molecule has 0 spiro atoms. The fraction of sp³-hybridized carbons (Fsp3) is 0.176. The van der Waals surface area contributed by atoms with Gasteiger partial charge in [0.15, 0.2) is 5.78 Å². The molecule has 0 radical (unpaired) electrons. The number of thioether (sulfide) groups is 1. The number of aryl methyl sites for hydroxylation is 1.